The van der Waals surface area contributed by atoms with Gasteiger partial charge in [0.2, 0.25) is 10.0 Å². The van der Waals surface area contributed by atoms with Gasteiger partial charge >= 0.3 is 0 Å². The number of aryl methyl sites for hydroxylation is 1. The molecule has 0 radical (unpaired) electrons. The molecule has 2 rings (SSSR count). The van der Waals surface area contributed by atoms with Gasteiger partial charge in [-0.05, 0) is 51.1 Å². The number of likely N-dealkylation sites (N-methyl/N-ethyl adjacent to an activating group) is 1. The molecular formula is C15H23ClN2O2S. The first kappa shape index (κ1) is 16.7. The van der Waals surface area contributed by atoms with E-state index >= 15 is 0 Å². The Hall–Kier alpha value is -0.620. The molecule has 0 N–H and O–H groups in total. The minimum atomic E-state index is -3.42. The largest absolute Gasteiger partial charge is 0.305 e. The van der Waals surface area contributed by atoms with Crippen LogP contribution in [0.4, 0.5) is 0 Å². The standard InChI is InChI=1S/C15H23ClN2O2S/c1-13-12-17(2)10-3-11-18(13)21(19,20)15-6-4-14(5-7-15)8-9-16/h4-7,13H,3,8-12H2,1-2H3. The van der Waals surface area contributed by atoms with Crippen molar-refractivity contribution in [3.05, 3.63) is 29.8 Å². The predicted octanol–water partition coefficient (Wildman–Crippen LogP) is 2.18. The van der Waals surface area contributed by atoms with Gasteiger partial charge in [-0.25, -0.2) is 8.42 Å². The third-order valence-corrected chi connectivity index (χ3v) is 6.12. The summed E-state index contributed by atoms with van der Waals surface area (Å²) < 4.78 is 27.2. The molecule has 0 saturated carbocycles. The lowest BCUT2D eigenvalue weighted by Crippen LogP contribution is -2.41. The van der Waals surface area contributed by atoms with Crippen LogP contribution in [0.15, 0.2) is 29.2 Å². The van der Waals surface area contributed by atoms with E-state index in [1.807, 2.05) is 26.1 Å². The molecule has 1 aromatic carbocycles. The zero-order chi connectivity index (χ0) is 15.5. The van der Waals surface area contributed by atoms with E-state index in [0.717, 1.165) is 31.5 Å². The molecule has 1 saturated heterocycles. The van der Waals surface area contributed by atoms with Crippen LogP contribution in [0.3, 0.4) is 0 Å². The molecule has 6 heteroatoms. The highest BCUT2D eigenvalue weighted by atomic mass is 35.5. The third-order valence-electron chi connectivity index (χ3n) is 3.90. The Morgan fingerprint density at radius 2 is 1.90 bits per heavy atom. The zero-order valence-corrected chi connectivity index (χ0v) is 14.2. The molecule has 1 atom stereocenters. The van der Waals surface area contributed by atoms with Crippen molar-refractivity contribution in [1.82, 2.24) is 9.21 Å². The Balaban J connectivity index is 2.23. The van der Waals surface area contributed by atoms with Crippen molar-refractivity contribution in [3.63, 3.8) is 0 Å². The van der Waals surface area contributed by atoms with Crippen LogP contribution in [0.1, 0.15) is 18.9 Å². The van der Waals surface area contributed by atoms with Crippen molar-refractivity contribution in [3.8, 4) is 0 Å². The molecule has 1 fully saturated rings. The lowest BCUT2D eigenvalue weighted by molar-refractivity contribution is 0.290. The first-order chi connectivity index (χ1) is 9.95. The van der Waals surface area contributed by atoms with Gasteiger partial charge in [0.1, 0.15) is 0 Å². The highest BCUT2D eigenvalue weighted by molar-refractivity contribution is 7.89. The monoisotopic (exact) mass is 330 g/mol. The van der Waals surface area contributed by atoms with Crippen LogP contribution in [-0.2, 0) is 16.4 Å². The SMILES string of the molecule is CC1CN(C)CCCN1S(=O)(=O)c1ccc(CCCl)cc1. The fourth-order valence-corrected chi connectivity index (χ4v) is 4.66. The number of alkyl halides is 1. The van der Waals surface area contributed by atoms with Gasteiger partial charge in [0, 0.05) is 25.0 Å². The van der Waals surface area contributed by atoms with E-state index in [2.05, 4.69) is 4.90 Å². The Bertz CT molecular complexity index is 560. The fourth-order valence-electron chi connectivity index (χ4n) is 2.78. The molecule has 1 aliphatic rings. The van der Waals surface area contributed by atoms with Gasteiger partial charge in [-0.2, -0.15) is 4.31 Å². The Kier molecular flexibility index (Phi) is 5.66. The quantitative estimate of drug-likeness (QED) is 0.795. The van der Waals surface area contributed by atoms with Crippen molar-refractivity contribution in [2.24, 2.45) is 0 Å². The smallest absolute Gasteiger partial charge is 0.243 e. The van der Waals surface area contributed by atoms with Crippen LogP contribution in [0.2, 0.25) is 0 Å². The van der Waals surface area contributed by atoms with E-state index in [0.29, 0.717) is 17.3 Å². The Morgan fingerprint density at radius 3 is 2.52 bits per heavy atom. The lowest BCUT2D eigenvalue weighted by atomic mass is 10.2. The van der Waals surface area contributed by atoms with Gasteiger partial charge in [0.25, 0.3) is 0 Å². The topological polar surface area (TPSA) is 40.6 Å². The van der Waals surface area contributed by atoms with Crippen molar-refractivity contribution in [2.45, 2.75) is 30.7 Å². The number of halogens is 1. The van der Waals surface area contributed by atoms with E-state index in [9.17, 15) is 8.42 Å². The van der Waals surface area contributed by atoms with Crippen molar-refractivity contribution in [2.75, 3.05) is 32.6 Å². The highest BCUT2D eigenvalue weighted by Crippen LogP contribution is 2.21. The second kappa shape index (κ2) is 7.09. The van der Waals surface area contributed by atoms with Crippen LogP contribution in [-0.4, -0.2) is 56.2 Å². The van der Waals surface area contributed by atoms with Gasteiger partial charge in [0.15, 0.2) is 0 Å². The summed E-state index contributed by atoms with van der Waals surface area (Å²) >= 11 is 5.71. The van der Waals surface area contributed by atoms with Crippen LogP contribution in [0, 0.1) is 0 Å². The number of nitrogens with zero attached hydrogens (tertiary/aromatic N) is 2. The minimum absolute atomic E-state index is 0.00924. The number of sulfonamides is 1. The number of rotatable bonds is 4. The zero-order valence-electron chi connectivity index (χ0n) is 12.6. The summed E-state index contributed by atoms with van der Waals surface area (Å²) in [5, 5.41) is 0. The van der Waals surface area contributed by atoms with Crippen LogP contribution in [0.25, 0.3) is 0 Å². The minimum Gasteiger partial charge on any atom is -0.305 e. The average molecular weight is 331 g/mol. The van der Waals surface area contributed by atoms with E-state index < -0.39 is 10.0 Å². The lowest BCUT2D eigenvalue weighted by Gasteiger charge is -2.27. The van der Waals surface area contributed by atoms with Crippen LogP contribution >= 0.6 is 11.6 Å². The summed E-state index contributed by atoms with van der Waals surface area (Å²) in [6.07, 6.45) is 1.62. The molecule has 0 aromatic heterocycles. The first-order valence-electron chi connectivity index (χ1n) is 7.30. The van der Waals surface area contributed by atoms with Crippen molar-refractivity contribution >= 4 is 21.6 Å². The number of hydrogen-bond donors (Lipinski definition) is 0. The predicted molar refractivity (Wildman–Crippen MR) is 86.3 cm³/mol. The van der Waals surface area contributed by atoms with Gasteiger partial charge in [0.05, 0.1) is 4.90 Å². The van der Waals surface area contributed by atoms with E-state index in [1.54, 1.807) is 16.4 Å². The number of hydrogen-bond acceptors (Lipinski definition) is 3. The highest BCUT2D eigenvalue weighted by Gasteiger charge is 2.31. The third kappa shape index (κ3) is 3.97. The fraction of sp³-hybridized carbons (Fsp3) is 0.600. The molecule has 1 unspecified atom stereocenters. The Morgan fingerprint density at radius 1 is 1.24 bits per heavy atom. The Labute approximate surface area is 132 Å². The molecule has 4 nitrogen and oxygen atoms in total. The van der Waals surface area contributed by atoms with E-state index in [-0.39, 0.29) is 6.04 Å². The maximum absolute atomic E-state index is 12.8. The van der Waals surface area contributed by atoms with Crippen LogP contribution in [0.5, 0.6) is 0 Å². The molecule has 1 aliphatic heterocycles. The summed E-state index contributed by atoms with van der Waals surface area (Å²) in [6, 6.07) is 7.08. The van der Waals surface area contributed by atoms with Crippen molar-refractivity contribution < 1.29 is 8.42 Å². The molecular weight excluding hydrogens is 308 g/mol. The second-order valence-electron chi connectivity index (χ2n) is 5.66. The van der Waals surface area contributed by atoms with Gasteiger partial charge in [-0.3, -0.25) is 0 Å². The number of benzene rings is 1. The molecule has 0 spiro atoms. The summed E-state index contributed by atoms with van der Waals surface area (Å²) in [7, 11) is -1.38. The summed E-state index contributed by atoms with van der Waals surface area (Å²) in [5.41, 5.74) is 1.06. The summed E-state index contributed by atoms with van der Waals surface area (Å²) in [6.45, 7) is 4.26. The molecule has 1 heterocycles. The molecule has 21 heavy (non-hydrogen) atoms. The molecule has 118 valence electrons. The van der Waals surface area contributed by atoms with Crippen LogP contribution < -0.4 is 0 Å². The molecule has 0 aliphatic carbocycles. The van der Waals surface area contributed by atoms with Gasteiger partial charge in [-0.15, -0.1) is 11.6 Å². The summed E-state index contributed by atoms with van der Waals surface area (Å²) in [4.78, 5) is 2.56. The van der Waals surface area contributed by atoms with Gasteiger partial charge in [-0.1, -0.05) is 12.1 Å². The van der Waals surface area contributed by atoms with Crippen molar-refractivity contribution in [1.29, 1.82) is 0 Å². The van der Waals surface area contributed by atoms with E-state index in [1.165, 1.54) is 0 Å². The normalized spacial score (nSPS) is 22.1. The molecule has 0 amide bonds. The maximum Gasteiger partial charge on any atom is 0.243 e. The average Bonchev–Trinajstić information content (AvgIpc) is 2.60. The molecule has 1 aromatic rings. The second-order valence-corrected chi connectivity index (χ2v) is 7.93. The maximum atomic E-state index is 12.8. The first-order valence-corrected chi connectivity index (χ1v) is 9.28. The van der Waals surface area contributed by atoms with Gasteiger partial charge < -0.3 is 4.90 Å². The van der Waals surface area contributed by atoms with E-state index in [4.69, 9.17) is 11.6 Å². The molecule has 0 bridgehead atoms. The summed E-state index contributed by atoms with van der Waals surface area (Å²) in [5.74, 6) is 0.543.